The highest BCUT2D eigenvalue weighted by atomic mass is 16.6. The van der Waals surface area contributed by atoms with Crippen LogP contribution in [0, 0.1) is 0 Å². The first-order valence-corrected chi connectivity index (χ1v) is 14.5. The number of ketones is 1. The van der Waals surface area contributed by atoms with Crippen LogP contribution in [0.5, 0.6) is 0 Å². The molecule has 9 heteroatoms. The van der Waals surface area contributed by atoms with E-state index in [-0.39, 0.29) is 49.8 Å². The number of carbonyl (C=O) groups excluding carboxylic acids is 3. The zero-order valence-corrected chi connectivity index (χ0v) is 23.4. The third-order valence-corrected chi connectivity index (χ3v) is 8.32. The molecule has 2 aromatic carbocycles. The summed E-state index contributed by atoms with van der Waals surface area (Å²) in [7, 11) is 0. The van der Waals surface area contributed by atoms with Crippen molar-refractivity contribution >= 4 is 28.7 Å². The number of ether oxygens (including phenoxy) is 1. The Hall–Kier alpha value is -4.50. The van der Waals surface area contributed by atoms with E-state index in [0.29, 0.717) is 25.9 Å². The van der Waals surface area contributed by atoms with Crippen LogP contribution in [0.25, 0.3) is 10.9 Å². The number of fused-ring (bicyclic) bond motifs is 1. The number of H-pyrrole nitrogens is 1. The molecule has 0 saturated carbocycles. The predicted octanol–water partition coefficient (Wildman–Crippen LogP) is 4.06. The number of carbonyl (C=O) groups is 3. The lowest BCUT2D eigenvalue weighted by Crippen LogP contribution is -2.61. The number of aromatic amines is 1. The highest BCUT2D eigenvalue weighted by molar-refractivity contribution is 5.92. The summed E-state index contributed by atoms with van der Waals surface area (Å²) in [4.78, 5) is 51.3. The van der Waals surface area contributed by atoms with Crippen molar-refractivity contribution in [2.75, 3.05) is 26.2 Å². The maximum atomic E-state index is 13.8. The Balaban J connectivity index is 1.14. The van der Waals surface area contributed by atoms with Crippen LogP contribution in [0.1, 0.15) is 35.6 Å². The maximum Gasteiger partial charge on any atom is 0.410 e. The third kappa shape index (κ3) is 6.21. The average molecular weight is 566 g/mol. The summed E-state index contributed by atoms with van der Waals surface area (Å²) in [5, 5.41) is 4.42. The van der Waals surface area contributed by atoms with Gasteiger partial charge >= 0.3 is 6.09 Å². The molecule has 0 aliphatic carbocycles. The predicted molar refractivity (Wildman–Crippen MR) is 159 cm³/mol. The SMILES string of the molecule is O=C(CCc1cc2ccncc2[nH]1)[C@@H]1CN(C(=O)OCc2ccccc2)CCN1C(=O)[C@H]1C[C@@H](c2ccccc2)CN1. The van der Waals surface area contributed by atoms with Crippen molar-refractivity contribution in [3.05, 3.63) is 102 Å². The van der Waals surface area contributed by atoms with E-state index < -0.39 is 12.1 Å². The van der Waals surface area contributed by atoms with Gasteiger partial charge in [0.2, 0.25) is 5.91 Å². The molecule has 2 amide bonds. The number of amides is 2. The summed E-state index contributed by atoms with van der Waals surface area (Å²) in [5.41, 5.74) is 3.94. The molecule has 2 aromatic heterocycles. The standard InChI is InChI=1S/C33H35N5O4/c39-31(12-11-27-17-25-13-14-34-20-29(25)36-27)30-21-37(33(41)42-22-23-7-3-1-4-8-23)15-16-38(30)32(40)28-18-26(19-35-28)24-9-5-2-6-10-24/h1-10,13-14,17,20,26,28,30,35-36H,11-12,15-16,18-19,21-22H2/t26-,28-,30+/m1/s1. The van der Waals surface area contributed by atoms with Crippen LogP contribution in [0.2, 0.25) is 0 Å². The van der Waals surface area contributed by atoms with E-state index in [1.807, 2.05) is 60.7 Å². The monoisotopic (exact) mass is 565 g/mol. The van der Waals surface area contributed by atoms with Crippen molar-refractivity contribution in [1.29, 1.82) is 0 Å². The van der Waals surface area contributed by atoms with Gasteiger partial charge in [-0.15, -0.1) is 0 Å². The van der Waals surface area contributed by atoms with E-state index in [9.17, 15) is 14.4 Å². The Morgan fingerprint density at radius 2 is 1.76 bits per heavy atom. The topological polar surface area (TPSA) is 108 Å². The van der Waals surface area contributed by atoms with Gasteiger partial charge in [0.05, 0.1) is 24.3 Å². The Kier molecular flexibility index (Phi) is 8.28. The number of rotatable bonds is 8. The van der Waals surface area contributed by atoms with E-state index >= 15 is 0 Å². The molecule has 216 valence electrons. The van der Waals surface area contributed by atoms with Gasteiger partial charge in [0, 0.05) is 43.3 Å². The number of hydrogen-bond donors (Lipinski definition) is 2. The van der Waals surface area contributed by atoms with Crippen LogP contribution >= 0.6 is 0 Å². The first kappa shape index (κ1) is 27.7. The zero-order chi connectivity index (χ0) is 28.9. The first-order chi connectivity index (χ1) is 20.5. The van der Waals surface area contributed by atoms with Crippen LogP contribution < -0.4 is 5.32 Å². The Labute approximate surface area is 244 Å². The van der Waals surface area contributed by atoms with Gasteiger partial charge in [0.15, 0.2) is 5.78 Å². The Morgan fingerprint density at radius 3 is 2.55 bits per heavy atom. The molecule has 2 fully saturated rings. The number of aromatic nitrogens is 2. The summed E-state index contributed by atoms with van der Waals surface area (Å²) < 4.78 is 5.57. The molecule has 42 heavy (non-hydrogen) atoms. The minimum Gasteiger partial charge on any atom is -0.445 e. The normalized spacial score (nSPS) is 20.5. The molecular weight excluding hydrogens is 530 g/mol. The van der Waals surface area contributed by atoms with Crippen molar-refractivity contribution < 1.29 is 19.1 Å². The molecule has 0 bridgehead atoms. The van der Waals surface area contributed by atoms with E-state index in [4.69, 9.17) is 4.74 Å². The molecular formula is C33H35N5O4. The number of aryl methyl sites for hydroxylation is 1. The molecule has 6 rings (SSSR count). The summed E-state index contributed by atoms with van der Waals surface area (Å²) in [5.74, 6) is 0.0825. The highest BCUT2D eigenvalue weighted by Crippen LogP contribution is 2.28. The second-order valence-electron chi connectivity index (χ2n) is 11.1. The van der Waals surface area contributed by atoms with Gasteiger partial charge < -0.3 is 24.8 Å². The molecule has 4 heterocycles. The minimum absolute atomic E-state index is 0.0710. The van der Waals surface area contributed by atoms with Gasteiger partial charge in [-0.3, -0.25) is 14.6 Å². The van der Waals surface area contributed by atoms with Crippen molar-refractivity contribution in [2.45, 2.75) is 43.9 Å². The first-order valence-electron chi connectivity index (χ1n) is 14.5. The van der Waals surface area contributed by atoms with Crippen LogP contribution in [0.4, 0.5) is 4.79 Å². The molecule has 2 aliphatic heterocycles. The quantitative estimate of drug-likeness (QED) is 0.334. The maximum absolute atomic E-state index is 13.8. The Morgan fingerprint density at radius 1 is 0.976 bits per heavy atom. The molecule has 3 atom stereocenters. The second kappa shape index (κ2) is 12.6. The second-order valence-corrected chi connectivity index (χ2v) is 11.1. The average Bonchev–Trinajstić information content (AvgIpc) is 3.70. The van der Waals surface area contributed by atoms with Crippen LogP contribution in [-0.4, -0.2) is 75.8 Å². The van der Waals surface area contributed by atoms with E-state index in [1.165, 1.54) is 5.56 Å². The highest BCUT2D eigenvalue weighted by Gasteiger charge is 2.41. The van der Waals surface area contributed by atoms with Gasteiger partial charge in [-0.05, 0) is 42.0 Å². The lowest BCUT2D eigenvalue weighted by Gasteiger charge is -2.41. The summed E-state index contributed by atoms with van der Waals surface area (Å²) in [6.07, 6.45) is 4.44. The number of Topliss-reactive ketones (excluding diaryl/α,β-unsaturated/α-hetero) is 1. The number of nitrogens with one attached hydrogen (secondary N) is 2. The van der Waals surface area contributed by atoms with Crippen LogP contribution in [0.3, 0.4) is 0 Å². The van der Waals surface area contributed by atoms with Crippen LogP contribution in [0.15, 0.2) is 85.2 Å². The largest absolute Gasteiger partial charge is 0.445 e. The molecule has 2 saturated heterocycles. The fourth-order valence-electron chi connectivity index (χ4n) is 5.99. The number of hydrogen-bond acceptors (Lipinski definition) is 6. The summed E-state index contributed by atoms with van der Waals surface area (Å²) in [6, 6.07) is 22.5. The van der Waals surface area contributed by atoms with Gasteiger partial charge in [-0.1, -0.05) is 60.7 Å². The van der Waals surface area contributed by atoms with Crippen molar-refractivity contribution in [3.8, 4) is 0 Å². The van der Waals surface area contributed by atoms with Gasteiger partial charge in [0.25, 0.3) is 0 Å². The molecule has 0 unspecified atom stereocenters. The van der Waals surface area contributed by atoms with Gasteiger partial charge in [-0.2, -0.15) is 0 Å². The number of pyridine rings is 1. The number of benzene rings is 2. The van der Waals surface area contributed by atoms with Crippen LogP contribution in [-0.2, 0) is 27.4 Å². The fraction of sp³-hybridized carbons (Fsp3) is 0.333. The van der Waals surface area contributed by atoms with E-state index in [0.717, 1.165) is 22.2 Å². The molecule has 2 aliphatic rings. The zero-order valence-electron chi connectivity index (χ0n) is 23.4. The summed E-state index contributed by atoms with van der Waals surface area (Å²) in [6.45, 7) is 1.57. The molecule has 9 nitrogen and oxygen atoms in total. The minimum atomic E-state index is -0.737. The van der Waals surface area contributed by atoms with Crippen molar-refractivity contribution in [1.82, 2.24) is 25.1 Å². The lowest BCUT2D eigenvalue weighted by atomic mass is 9.95. The van der Waals surface area contributed by atoms with Crippen molar-refractivity contribution in [3.63, 3.8) is 0 Å². The van der Waals surface area contributed by atoms with Gasteiger partial charge in [0.1, 0.15) is 12.6 Å². The molecule has 0 radical (unpaired) electrons. The lowest BCUT2D eigenvalue weighted by molar-refractivity contribution is -0.144. The number of nitrogens with zero attached hydrogens (tertiary/aromatic N) is 3. The number of piperazine rings is 1. The van der Waals surface area contributed by atoms with Gasteiger partial charge in [-0.25, -0.2) is 4.79 Å². The summed E-state index contributed by atoms with van der Waals surface area (Å²) >= 11 is 0. The smallest absolute Gasteiger partial charge is 0.410 e. The molecule has 0 spiro atoms. The Bertz CT molecular complexity index is 1510. The van der Waals surface area contributed by atoms with E-state index in [1.54, 1.807) is 22.2 Å². The van der Waals surface area contributed by atoms with E-state index in [2.05, 4.69) is 27.4 Å². The molecule has 4 aromatic rings. The van der Waals surface area contributed by atoms with Crippen molar-refractivity contribution in [2.24, 2.45) is 0 Å². The third-order valence-electron chi connectivity index (χ3n) is 8.32. The molecule has 2 N–H and O–H groups in total. The fourth-order valence-corrected chi connectivity index (χ4v) is 5.99.